The summed E-state index contributed by atoms with van der Waals surface area (Å²) in [5, 5.41) is 5.67. The van der Waals surface area contributed by atoms with Crippen molar-refractivity contribution in [2.75, 3.05) is 14.2 Å². The van der Waals surface area contributed by atoms with Crippen molar-refractivity contribution in [3.05, 3.63) is 70.5 Å². The number of aromatic nitrogens is 3. The molecule has 7 nitrogen and oxygen atoms in total. The molecule has 0 atom stereocenters. The smallest absolute Gasteiger partial charge is 0.224 e. The number of nitrogens with zero attached hydrogens (tertiary/aromatic N) is 4. The Morgan fingerprint density at radius 1 is 1.05 bits per heavy atom. The summed E-state index contributed by atoms with van der Waals surface area (Å²) in [7, 11) is 3.31. The number of pyridine rings is 1. The van der Waals surface area contributed by atoms with Gasteiger partial charge in [0.25, 0.3) is 0 Å². The van der Waals surface area contributed by atoms with Gasteiger partial charge in [0.15, 0.2) is 11.5 Å². The zero-order valence-electron chi connectivity index (χ0n) is 23.3. The van der Waals surface area contributed by atoms with E-state index >= 15 is 0 Å². The Balaban J connectivity index is 1.40. The number of aryl methyl sites for hydroxylation is 5. The third-order valence-corrected chi connectivity index (χ3v) is 8.05. The summed E-state index contributed by atoms with van der Waals surface area (Å²) in [6, 6.07) is 15.0. The highest BCUT2D eigenvalue weighted by atomic mass is 16.5. The van der Waals surface area contributed by atoms with Crippen LogP contribution in [0.5, 0.6) is 11.5 Å². The summed E-state index contributed by atoms with van der Waals surface area (Å²) >= 11 is 0. The van der Waals surface area contributed by atoms with Crippen LogP contribution in [0.2, 0.25) is 0 Å². The van der Waals surface area contributed by atoms with Crippen LogP contribution < -0.4 is 9.47 Å². The van der Waals surface area contributed by atoms with Crippen LogP contribution >= 0.6 is 0 Å². The van der Waals surface area contributed by atoms with E-state index in [0.29, 0.717) is 31.0 Å². The Morgan fingerprint density at radius 2 is 1.85 bits per heavy atom. The summed E-state index contributed by atoms with van der Waals surface area (Å²) in [4.78, 5) is 20.9. The van der Waals surface area contributed by atoms with Crippen molar-refractivity contribution in [2.24, 2.45) is 0 Å². The Morgan fingerprint density at radius 3 is 2.54 bits per heavy atom. The molecular formula is C32H36N4O3. The first-order valence-electron chi connectivity index (χ1n) is 13.9. The minimum absolute atomic E-state index is 0.155. The molecule has 0 N–H and O–H groups in total. The molecule has 4 aromatic rings. The number of rotatable bonds is 9. The highest BCUT2D eigenvalue weighted by Crippen LogP contribution is 2.41. The first-order chi connectivity index (χ1) is 18.9. The largest absolute Gasteiger partial charge is 0.493 e. The lowest BCUT2D eigenvalue weighted by Gasteiger charge is -2.25. The second kappa shape index (κ2) is 10.4. The van der Waals surface area contributed by atoms with Gasteiger partial charge in [-0.05, 0) is 99.0 Å². The summed E-state index contributed by atoms with van der Waals surface area (Å²) in [6.07, 6.45) is 5.91. The zero-order chi connectivity index (χ0) is 27.1. The van der Waals surface area contributed by atoms with Crippen LogP contribution in [-0.4, -0.2) is 45.8 Å². The monoisotopic (exact) mass is 524 g/mol. The molecule has 0 unspecified atom stereocenters. The second-order valence-corrected chi connectivity index (χ2v) is 10.9. The zero-order valence-corrected chi connectivity index (χ0v) is 23.3. The number of amides is 1. The maximum Gasteiger partial charge on any atom is 0.224 e. The van der Waals surface area contributed by atoms with Gasteiger partial charge in [0, 0.05) is 42.2 Å². The van der Waals surface area contributed by atoms with Crippen molar-refractivity contribution in [1.82, 2.24) is 19.7 Å². The highest BCUT2D eigenvalue weighted by molar-refractivity contribution is 5.87. The predicted molar refractivity (Wildman–Crippen MR) is 152 cm³/mol. The number of hydrogen-bond donors (Lipinski definition) is 0. The highest BCUT2D eigenvalue weighted by Gasteiger charge is 2.33. The van der Waals surface area contributed by atoms with Crippen LogP contribution in [-0.2, 0) is 30.7 Å². The van der Waals surface area contributed by atoms with Gasteiger partial charge in [0.05, 0.1) is 31.1 Å². The molecular weight excluding hydrogens is 488 g/mol. The fraction of sp³-hybridized carbons (Fsp3) is 0.406. The molecule has 2 aromatic heterocycles. The number of carbonyl (C=O) groups is 1. The number of para-hydroxylation sites is 1. The molecule has 7 heteroatoms. The summed E-state index contributed by atoms with van der Waals surface area (Å²) in [5.41, 5.74) is 8.59. The van der Waals surface area contributed by atoms with E-state index in [0.717, 1.165) is 64.8 Å². The predicted octanol–water partition coefficient (Wildman–Crippen LogP) is 5.80. The molecule has 202 valence electrons. The second-order valence-electron chi connectivity index (χ2n) is 10.9. The van der Waals surface area contributed by atoms with Crippen LogP contribution in [0.4, 0.5) is 0 Å². The molecule has 0 radical (unpaired) electrons. The molecule has 1 saturated carbocycles. The number of fused-ring (bicyclic) bond motifs is 2. The summed E-state index contributed by atoms with van der Waals surface area (Å²) in [6.45, 7) is 5.11. The first kappa shape index (κ1) is 25.4. The van der Waals surface area contributed by atoms with Crippen LogP contribution in [0, 0.1) is 13.8 Å². The van der Waals surface area contributed by atoms with Crippen molar-refractivity contribution < 1.29 is 14.3 Å². The molecule has 0 spiro atoms. The van der Waals surface area contributed by atoms with Crippen molar-refractivity contribution >= 4 is 16.8 Å². The van der Waals surface area contributed by atoms with Crippen molar-refractivity contribution in [3.63, 3.8) is 0 Å². The fourth-order valence-electron chi connectivity index (χ4n) is 5.96. The topological polar surface area (TPSA) is 69.5 Å². The van der Waals surface area contributed by atoms with Crippen molar-refractivity contribution in [3.8, 4) is 22.8 Å². The lowest BCUT2D eigenvalue weighted by molar-refractivity contribution is -0.132. The van der Waals surface area contributed by atoms with Crippen molar-refractivity contribution in [2.45, 2.75) is 71.5 Å². The molecule has 0 aliphatic heterocycles. The molecule has 39 heavy (non-hydrogen) atoms. The molecule has 2 aliphatic rings. The Kier molecular flexibility index (Phi) is 6.75. The number of benzene rings is 2. The van der Waals surface area contributed by atoms with E-state index in [2.05, 4.69) is 34.3 Å². The lowest BCUT2D eigenvalue weighted by Crippen LogP contribution is -2.33. The van der Waals surface area contributed by atoms with Gasteiger partial charge < -0.3 is 14.4 Å². The molecule has 2 aromatic carbocycles. The van der Waals surface area contributed by atoms with E-state index in [-0.39, 0.29) is 11.9 Å². The Bertz CT molecular complexity index is 1550. The number of hydrogen-bond acceptors (Lipinski definition) is 5. The third kappa shape index (κ3) is 4.98. The van der Waals surface area contributed by atoms with E-state index in [1.54, 1.807) is 14.2 Å². The minimum atomic E-state index is 0.155. The van der Waals surface area contributed by atoms with E-state index in [9.17, 15) is 4.79 Å². The molecule has 0 bridgehead atoms. The van der Waals surface area contributed by atoms with Gasteiger partial charge in [-0.2, -0.15) is 5.10 Å². The van der Waals surface area contributed by atoms with Gasteiger partial charge in [0.2, 0.25) is 5.91 Å². The number of methoxy groups -OCH3 is 2. The van der Waals surface area contributed by atoms with Gasteiger partial charge in [0.1, 0.15) is 0 Å². The molecule has 2 aliphatic carbocycles. The third-order valence-electron chi connectivity index (χ3n) is 8.05. The standard InChI is InChI=1S/C32H36N4O3/c1-20-15-21(2)36(34-20)14-13-30(37)35(26-11-12-26)19-25-17-24-16-22-7-5-8-23(22)18-28(24)33-31(25)27-9-6-10-29(38-3)32(27)39-4/h6,9-10,15-18,26H,5,7-8,11-14,19H2,1-4H3. The van der Waals surface area contributed by atoms with Crippen LogP contribution in [0.3, 0.4) is 0 Å². The number of carbonyl (C=O) groups excluding carboxylic acids is 1. The average molecular weight is 525 g/mol. The normalized spacial score (nSPS) is 14.5. The van der Waals surface area contributed by atoms with Gasteiger partial charge in [-0.3, -0.25) is 9.48 Å². The van der Waals surface area contributed by atoms with Gasteiger partial charge in [-0.25, -0.2) is 4.98 Å². The quantitative estimate of drug-likeness (QED) is 0.277. The SMILES string of the molecule is COc1cccc(-c2nc3cc4c(cc3cc2CN(C(=O)CCn2nc(C)cc2C)C2CC2)CCC4)c1OC. The van der Waals surface area contributed by atoms with E-state index < -0.39 is 0 Å². The van der Waals surface area contributed by atoms with Crippen LogP contribution in [0.15, 0.2) is 42.5 Å². The van der Waals surface area contributed by atoms with E-state index in [1.165, 1.54) is 17.5 Å². The first-order valence-corrected chi connectivity index (χ1v) is 13.9. The van der Waals surface area contributed by atoms with Crippen LogP contribution in [0.1, 0.15) is 53.8 Å². The van der Waals surface area contributed by atoms with Gasteiger partial charge in [-0.15, -0.1) is 0 Å². The Hall–Kier alpha value is -3.87. The lowest BCUT2D eigenvalue weighted by atomic mass is 9.99. The minimum Gasteiger partial charge on any atom is -0.493 e. The van der Waals surface area contributed by atoms with Crippen molar-refractivity contribution in [1.29, 1.82) is 0 Å². The number of ether oxygens (including phenoxy) is 2. The van der Waals surface area contributed by atoms with Gasteiger partial charge in [-0.1, -0.05) is 6.07 Å². The molecule has 2 heterocycles. The molecule has 6 rings (SSSR count). The van der Waals surface area contributed by atoms with Gasteiger partial charge >= 0.3 is 0 Å². The maximum atomic E-state index is 13.6. The fourth-order valence-corrected chi connectivity index (χ4v) is 5.96. The summed E-state index contributed by atoms with van der Waals surface area (Å²) in [5.74, 6) is 1.47. The molecule has 1 amide bonds. The van der Waals surface area contributed by atoms with E-state index in [4.69, 9.17) is 14.5 Å². The summed E-state index contributed by atoms with van der Waals surface area (Å²) < 4.78 is 13.4. The van der Waals surface area contributed by atoms with E-state index in [1.807, 2.05) is 36.7 Å². The van der Waals surface area contributed by atoms with Crippen LogP contribution in [0.25, 0.3) is 22.2 Å². The molecule has 0 saturated heterocycles. The Labute approximate surface area is 229 Å². The maximum absolute atomic E-state index is 13.6. The average Bonchev–Trinajstić information content (AvgIpc) is 3.59. The molecule has 1 fully saturated rings.